The van der Waals surface area contributed by atoms with Gasteiger partial charge in [-0.1, -0.05) is 19.3 Å². The first kappa shape index (κ1) is 17.7. The van der Waals surface area contributed by atoms with Gasteiger partial charge in [-0.15, -0.1) is 11.8 Å². The van der Waals surface area contributed by atoms with Gasteiger partial charge in [-0.05, 0) is 43.5 Å². The molecule has 1 aromatic carbocycles. The lowest BCUT2D eigenvalue weighted by molar-refractivity contribution is -0.136. The molecule has 0 radical (unpaired) electrons. The van der Waals surface area contributed by atoms with Gasteiger partial charge in [0.15, 0.2) is 0 Å². The third-order valence-electron chi connectivity index (χ3n) is 3.93. The fourth-order valence-corrected chi connectivity index (χ4v) is 4.02. The van der Waals surface area contributed by atoms with E-state index in [4.69, 9.17) is 5.11 Å². The second-order valence-electron chi connectivity index (χ2n) is 5.88. The van der Waals surface area contributed by atoms with Gasteiger partial charge in [-0.3, -0.25) is 4.79 Å². The third kappa shape index (κ3) is 6.14. The van der Waals surface area contributed by atoms with Crippen LogP contribution in [0.5, 0.6) is 0 Å². The van der Waals surface area contributed by atoms with E-state index in [1.165, 1.54) is 37.0 Å². The Bertz CT molecular complexity index is 557. The molecule has 1 aliphatic carbocycles. The number of hydrogen-bond donors (Lipinski definition) is 3. The zero-order valence-corrected chi connectivity index (χ0v) is 14.2. The van der Waals surface area contributed by atoms with Crippen LogP contribution < -0.4 is 10.6 Å². The van der Waals surface area contributed by atoms with Gasteiger partial charge in [0.05, 0.1) is 6.42 Å². The smallest absolute Gasteiger partial charge is 0.319 e. The van der Waals surface area contributed by atoms with Crippen LogP contribution in [-0.2, 0) is 4.79 Å². The number of carbonyl (C=O) groups excluding carboxylic acids is 1. The zero-order chi connectivity index (χ0) is 16.7. The first-order chi connectivity index (χ1) is 11.0. The van der Waals surface area contributed by atoms with Gasteiger partial charge in [-0.2, -0.15) is 0 Å². The molecule has 1 aromatic rings. The summed E-state index contributed by atoms with van der Waals surface area (Å²) in [4.78, 5) is 23.4. The lowest BCUT2D eigenvalue weighted by atomic mass is 10.0. The highest BCUT2D eigenvalue weighted by molar-refractivity contribution is 8.00. The number of carboxylic acids is 1. The zero-order valence-electron chi connectivity index (χ0n) is 13.4. The van der Waals surface area contributed by atoms with Crippen molar-refractivity contribution >= 4 is 29.4 Å². The molecule has 23 heavy (non-hydrogen) atoms. The Hall–Kier alpha value is -1.69. The van der Waals surface area contributed by atoms with Crippen molar-refractivity contribution in [1.29, 1.82) is 0 Å². The molecule has 0 spiro atoms. The van der Waals surface area contributed by atoms with Crippen molar-refractivity contribution in [1.82, 2.24) is 5.32 Å². The highest BCUT2D eigenvalue weighted by Crippen LogP contribution is 2.34. The maximum atomic E-state index is 11.7. The molecule has 2 rings (SSSR count). The Morgan fingerprint density at radius 1 is 1.26 bits per heavy atom. The van der Waals surface area contributed by atoms with Crippen LogP contribution in [0.2, 0.25) is 0 Å². The van der Waals surface area contributed by atoms with Crippen molar-refractivity contribution in [3.05, 3.63) is 23.8 Å². The fraction of sp³-hybridized carbons (Fsp3) is 0.529. The summed E-state index contributed by atoms with van der Waals surface area (Å²) in [6, 6.07) is 5.68. The van der Waals surface area contributed by atoms with Crippen molar-refractivity contribution in [3.63, 3.8) is 0 Å². The monoisotopic (exact) mass is 336 g/mol. The summed E-state index contributed by atoms with van der Waals surface area (Å²) in [5.74, 6) is -0.925. The Morgan fingerprint density at radius 3 is 2.65 bits per heavy atom. The third-order valence-corrected chi connectivity index (χ3v) is 5.26. The highest BCUT2D eigenvalue weighted by atomic mass is 32.2. The van der Waals surface area contributed by atoms with Crippen molar-refractivity contribution in [3.8, 4) is 0 Å². The summed E-state index contributed by atoms with van der Waals surface area (Å²) in [7, 11) is 0. The van der Waals surface area contributed by atoms with Gasteiger partial charge in [0.1, 0.15) is 0 Å². The van der Waals surface area contributed by atoms with Crippen molar-refractivity contribution in [2.24, 2.45) is 0 Å². The van der Waals surface area contributed by atoms with E-state index in [9.17, 15) is 9.59 Å². The minimum Gasteiger partial charge on any atom is -0.481 e. The van der Waals surface area contributed by atoms with Crippen molar-refractivity contribution < 1.29 is 14.7 Å². The summed E-state index contributed by atoms with van der Waals surface area (Å²) in [5.41, 5.74) is 1.77. The number of carboxylic acid groups (broad SMARTS) is 1. The normalized spacial score (nSPS) is 15.2. The molecule has 0 atom stereocenters. The van der Waals surface area contributed by atoms with E-state index in [1.807, 2.05) is 30.8 Å². The number of amides is 2. The average Bonchev–Trinajstić information content (AvgIpc) is 2.51. The van der Waals surface area contributed by atoms with E-state index in [1.54, 1.807) is 0 Å². The minimum atomic E-state index is -0.925. The number of benzene rings is 1. The summed E-state index contributed by atoms with van der Waals surface area (Å²) < 4.78 is 0. The van der Waals surface area contributed by atoms with Crippen LogP contribution in [0.4, 0.5) is 10.5 Å². The van der Waals surface area contributed by atoms with E-state index in [2.05, 4.69) is 16.7 Å². The van der Waals surface area contributed by atoms with Crippen LogP contribution in [0.3, 0.4) is 0 Å². The van der Waals surface area contributed by atoms with Gasteiger partial charge in [0.25, 0.3) is 0 Å². The van der Waals surface area contributed by atoms with E-state index in [-0.39, 0.29) is 19.0 Å². The molecule has 0 saturated heterocycles. The molecule has 1 saturated carbocycles. The number of carbonyl (C=O) groups is 2. The molecule has 2 amide bonds. The predicted molar refractivity (Wildman–Crippen MR) is 93.2 cm³/mol. The van der Waals surface area contributed by atoms with Crippen molar-refractivity contribution in [2.75, 3.05) is 11.9 Å². The first-order valence-electron chi connectivity index (χ1n) is 8.08. The molecule has 0 aliphatic heterocycles. The first-order valence-corrected chi connectivity index (χ1v) is 8.96. The lowest BCUT2D eigenvalue weighted by Crippen LogP contribution is -2.30. The van der Waals surface area contributed by atoms with Crippen LogP contribution in [0.1, 0.15) is 44.1 Å². The van der Waals surface area contributed by atoms with E-state index in [0.29, 0.717) is 5.25 Å². The highest BCUT2D eigenvalue weighted by Gasteiger charge is 2.15. The van der Waals surface area contributed by atoms with Gasteiger partial charge in [-0.25, -0.2) is 4.79 Å². The van der Waals surface area contributed by atoms with Gasteiger partial charge in [0.2, 0.25) is 0 Å². The molecule has 6 heteroatoms. The summed E-state index contributed by atoms with van der Waals surface area (Å²) in [5, 5.41) is 14.6. The number of nitrogens with one attached hydrogen (secondary N) is 2. The van der Waals surface area contributed by atoms with Crippen molar-refractivity contribution in [2.45, 2.75) is 55.6 Å². The second-order valence-corrected chi connectivity index (χ2v) is 7.25. The molecular formula is C17H24N2O3S. The summed E-state index contributed by atoms with van der Waals surface area (Å²) in [6.45, 7) is 2.09. The molecule has 0 heterocycles. The van der Waals surface area contributed by atoms with Gasteiger partial charge < -0.3 is 15.7 Å². The largest absolute Gasteiger partial charge is 0.481 e. The molecule has 5 nitrogen and oxygen atoms in total. The predicted octanol–water partition coefficient (Wildman–Crippen LogP) is 4.02. The molecule has 126 valence electrons. The van der Waals surface area contributed by atoms with Crippen LogP contribution in [0, 0.1) is 6.92 Å². The lowest BCUT2D eigenvalue weighted by Gasteiger charge is -2.21. The molecule has 0 bridgehead atoms. The Kier molecular flexibility index (Phi) is 6.77. The summed E-state index contributed by atoms with van der Waals surface area (Å²) in [6.07, 6.45) is 6.50. The van der Waals surface area contributed by atoms with E-state index in [0.717, 1.165) is 11.3 Å². The molecular weight excluding hydrogens is 312 g/mol. The number of thioether (sulfide) groups is 1. The number of hydrogen-bond acceptors (Lipinski definition) is 3. The van der Waals surface area contributed by atoms with Crippen LogP contribution in [-0.4, -0.2) is 28.9 Å². The molecule has 0 aromatic heterocycles. The van der Waals surface area contributed by atoms with Crippen LogP contribution >= 0.6 is 11.8 Å². The SMILES string of the molecule is Cc1cc(SC2CCCCC2)ccc1NC(=O)NCCC(=O)O. The number of aliphatic carboxylic acids is 1. The van der Waals surface area contributed by atoms with Crippen LogP contribution in [0.25, 0.3) is 0 Å². The average molecular weight is 336 g/mol. The van der Waals surface area contributed by atoms with Crippen LogP contribution in [0.15, 0.2) is 23.1 Å². The topological polar surface area (TPSA) is 78.4 Å². The molecule has 3 N–H and O–H groups in total. The Balaban J connectivity index is 1.85. The van der Waals surface area contributed by atoms with Gasteiger partial charge in [0, 0.05) is 22.4 Å². The van der Waals surface area contributed by atoms with E-state index < -0.39 is 5.97 Å². The fourth-order valence-electron chi connectivity index (χ4n) is 2.67. The number of anilines is 1. The number of aryl methyl sites for hydroxylation is 1. The standard InChI is InChI=1S/C17H24N2O3S/c1-12-11-14(23-13-5-3-2-4-6-13)7-8-15(12)19-17(22)18-10-9-16(20)21/h7-8,11,13H,2-6,9-10H2,1H3,(H,20,21)(H2,18,19,22). The maximum Gasteiger partial charge on any atom is 0.319 e. The van der Waals surface area contributed by atoms with E-state index >= 15 is 0 Å². The summed E-state index contributed by atoms with van der Waals surface area (Å²) >= 11 is 1.93. The number of urea groups is 1. The number of rotatable bonds is 6. The maximum absolute atomic E-state index is 11.7. The quantitative estimate of drug-likeness (QED) is 0.733. The molecule has 1 aliphatic rings. The Labute approximate surface area is 141 Å². The minimum absolute atomic E-state index is 0.0800. The second kappa shape index (κ2) is 8.82. The van der Waals surface area contributed by atoms with Gasteiger partial charge >= 0.3 is 12.0 Å². The molecule has 1 fully saturated rings. The Morgan fingerprint density at radius 2 is 2.00 bits per heavy atom. The molecule has 0 unspecified atom stereocenters.